The number of carbonyl (C=O) groups is 1. The number of anilines is 1. The molecular formula is C20H28N6O. The molecule has 1 fully saturated rings. The summed E-state index contributed by atoms with van der Waals surface area (Å²) in [5, 5.41) is 3.01. The van der Waals surface area contributed by atoms with E-state index in [1.165, 1.54) is 0 Å². The van der Waals surface area contributed by atoms with Gasteiger partial charge in [0.2, 0.25) is 5.95 Å². The average molecular weight is 368 g/mol. The molecule has 0 aliphatic carbocycles. The molecule has 7 nitrogen and oxygen atoms in total. The van der Waals surface area contributed by atoms with E-state index in [1.54, 1.807) is 17.3 Å². The zero-order chi connectivity index (χ0) is 18.9. The molecule has 1 N–H and O–H groups in total. The first-order chi connectivity index (χ1) is 13.2. The van der Waals surface area contributed by atoms with Gasteiger partial charge in [-0.15, -0.1) is 0 Å². The third-order valence-electron chi connectivity index (χ3n) is 4.74. The van der Waals surface area contributed by atoms with Crippen LogP contribution in [0.1, 0.15) is 12.0 Å². The third-order valence-corrected chi connectivity index (χ3v) is 4.74. The van der Waals surface area contributed by atoms with E-state index in [1.807, 2.05) is 43.4 Å². The minimum absolute atomic E-state index is 0.0232. The number of nitrogens with zero attached hydrogens (tertiary/aromatic N) is 5. The number of urea groups is 1. The Morgan fingerprint density at radius 2 is 1.78 bits per heavy atom. The first-order valence-electron chi connectivity index (χ1n) is 9.49. The molecule has 2 amide bonds. The quantitative estimate of drug-likeness (QED) is 0.756. The highest BCUT2D eigenvalue weighted by Gasteiger charge is 2.18. The number of carbonyl (C=O) groups excluding carboxylic acids is 1. The van der Waals surface area contributed by atoms with E-state index < -0.39 is 0 Å². The van der Waals surface area contributed by atoms with Crippen LogP contribution in [0.3, 0.4) is 0 Å². The minimum atomic E-state index is -0.0232. The lowest BCUT2D eigenvalue weighted by Gasteiger charge is -2.34. The molecule has 1 aliphatic heterocycles. The van der Waals surface area contributed by atoms with E-state index in [9.17, 15) is 4.79 Å². The smallest absolute Gasteiger partial charge is 0.317 e. The Kier molecular flexibility index (Phi) is 6.98. The lowest BCUT2D eigenvalue weighted by Crippen LogP contribution is -2.47. The van der Waals surface area contributed by atoms with Crippen LogP contribution in [0, 0.1) is 0 Å². The van der Waals surface area contributed by atoms with Gasteiger partial charge in [0.1, 0.15) is 0 Å². The molecule has 27 heavy (non-hydrogen) atoms. The number of nitrogens with one attached hydrogen (secondary N) is 1. The number of aromatic nitrogens is 2. The molecule has 7 heteroatoms. The molecule has 0 spiro atoms. The Balaban J connectivity index is 1.30. The number of amides is 2. The van der Waals surface area contributed by atoms with Crippen molar-refractivity contribution in [3.8, 4) is 0 Å². The summed E-state index contributed by atoms with van der Waals surface area (Å²) in [6.07, 6.45) is 4.52. The lowest BCUT2D eigenvalue weighted by molar-refractivity contribution is 0.205. The maximum absolute atomic E-state index is 12.2. The molecule has 2 heterocycles. The standard InChI is InChI=1S/C20H28N6O/c1-24(17-18-7-3-2-4-8-18)20(27)23-11-6-12-25-13-15-26(16-14-25)19-21-9-5-10-22-19/h2-5,7-10H,6,11-17H2,1H3,(H,23,27). The first kappa shape index (κ1) is 19.1. The third kappa shape index (κ3) is 5.92. The molecule has 1 aromatic heterocycles. The van der Waals surface area contributed by atoms with Gasteiger partial charge in [0, 0.05) is 58.7 Å². The van der Waals surface area contributed by atoms with Crippen LogP contribution in [-0.4, -0.2) is 72.1 Å². The van der Waals surface area contributed by atoms with Crippen molar-refractivity contribution in [2.24, 2.45) is 0 Å². The van der Waals surface area contributed by atoms with Crippen molar-refractivity contribution < 1.29 is 4.79 Å². The summed E-state index contributed by atoms with van der Waals surface area (Å²) >= 11 is 0. The molecule has 144 valence electrons. The second kappa shape index (κ2) is 9.87. The van der Waals surface area contributed by atoms with Gasteiger partial charge >= 0.3 is 6.03 Å². The second-order valence-electron chi connectivity index (χ2n) is 6.80. The van der Waals surface area contributed by atoms with Crippen molar-refractivity contribution in [3.63, 3.8) is 0 Å². The molecule has 0 radical (unpaired) electrons. The van der Waals surface area contributed by atoms with Crippen LogP contribution in [0.15, 0.2) is 48.8 Å². The van der Waals surface area contributed by atoms with Crippen molar-refractivity contribution >= 4 is 12.0 Å². The summed E-state index contributed by atoms with van der Waals surface area (Å²) in [5.41, 5.74) is 1.13. The summed E-state index contributed by atoms with van der Waals surface area (Å²) < 4.78 is 0. The van der Waals surface area contributed by atoms with Gasteiger partial charge < -0.3 is 15.1 Å². The lowest BCUT2D eigenvalue weighted by atomic mass is 10.2. The Morgan fingerprint density at radius 1 is 1.07 bits per heavy atom. The highest BCUT2D eigenvalue weighted by atomic mass is 16.2. The van der Waals surface area contributed by atoms with E-state index in [0.717, 1.165) is 50.7 Å². The van der Waals surface area contributed by atoms with Gasteiger partial charge in [-0.2, -0.15) is 0 Å². The van der Waals surface area contributed by atoms with Crippen LogP contribution in [0.5, 0.6) is 0 Å². The van der Waals surface area contributed by atoms with Crippen LogP contribution in [0.2, 0.25) is 0 Å². The van der Waals surface area contributed by atoms with E-state index >= 15 is 0 Å². The van der Waals surface area contributed by atoms with Gasteiger partial charge in [0.05, 0.1) is 0 Å². The first-order valence-corrected chi connectivity index (χ1v) is 9.49. The molecule has 1 aliphatic rings. The molecule has 0 saturated carbocycles. The van der Waals surface area contributed by atoms with Crippen LogP contribution >= 0.6 is 0 Å². The van der Waals surface area contributed by atoms with Gasteiger partial charge in [0.25, 0.3) is 0 Å². The van der Waals surface area contributed by atoms with Crippen LogP contribution in [0.4, 0.5) is 10.7 Å². The number of hydrogen-bond donors (Lipinski definition) is 1. The summed E-state index contributed by atoms with van der Waals surface area (Å²) in [6, 6.07) is 11.8. The fourth-order valence-electron chi connectivity index (χ4n) is 3.19. The molecule has 1 aromatic carbocycles. The van der Waals surface area contributed by atoms with Crippen molar-refractivity contribution in [1.29, 1.82) is 0 Å². The summed E-state index contributed by atoms with van der Waals surface area (Å²) in [6.45, 7) is 6.19. The van der Waals surface area contributed by atoms with Crippen LogP contribution in [0.25, 0.3) is 0 Å². The van der Waals surface area contributed by atoms with Crippen molar-refractivity contribution in [1.82, 2.24) is 25.1 Å². The second-order valence-corrected chi connectivity index (χ2v) is 6.80. The molecule has 0 unspecified atom stereocenters. The maximum atomic E-state index is 12.2. The van der Waals surface area contributed by atoms with E-state index in [0.29, 0.717) is 13.1 Å². The fourth-order valence-corrected chi connectivity index (χ4v) is 3.19. The fraction of sp³-hybridized carbons (Fsp3) is 0.450. The molecule has 1 saturated heterocycles. The summed E-state index contributed by atoms with van der Waals surface area (Å²) in [4.78, 5) is 27.2. The predicted molar refractivity (Wildman–Crippen MR) is 107 cm³/mol. The minimum Gasteiger partial charge on any atom is -0.338 e. The summed E-state index contributed by atoms with van der Waals surface area (Å²) in [5.74, 6) is 0.811. The largest absolute Gasteiger partial charge is 0.338 e. The number of hydrogen-bond acceptors (Lipinski definition) is 5. The Morgan fingerprint density at radius 3 is 2.48 bits per heavy atom. The normalized spacial score (nSPS) is 14.8. The Bertz CT molecular complexity index is 688. The Hall–Kier alpha value is -2.67. The Labute approximate surface area is 161 Å². The highest BCUT2D eigenvalue weighted by molar-refractivity contribution is 5.73. The summed E-state index contributed by atoms with van der Waals surface area (Å²) in [7, 11) is 1.83. The molecule has 0 atom stereocenters. The molecular weight excluding hydrogens is 340 g/mol. The molecule has 0 bridgehead atoms. The highest BCUT2D eigenvalue weighted by Crippen LogP contribution is 2.09. The number of piperazine rings is 1. The van der Waals surface area contributed by atoms with Crippen LogP contribution in [-0.2, 0) is 6.54 Å². The van der Waals surface area contributed by atoms with Gasteiger partial charge in [-0.05, 0) is 24.6 Å². The number of benzene rings is 1. The van der Waals surface area contributed by atoms with Crippen molar-refractivity contribution in [2.45, 2.75) is 13.0 Å². The van der Waals surface area contributed by atoms with Gasteiger partial charge in [-0.3, -0.25) is 4.90 Å². The van der Waals surface area contributed by atoms with Crippen LogP contribution < -0.4 is 10.2 Å². The molecule has 3 rings (SSSR count). The SMILES string of the molecule is CN(Cc1ccccc1)C(=O)NCCCN1CCN(c2ncccn2)CC1. The van der Waals surface area contributed by atoms with Crippen molar-refractivity contribution in [3.05, 3.63) is 54.4 Å². The zero-order valence-electron chi connectivity index (χ0n) is 15.9. The average Bonchev–Trinajstić information content (AvgIpc) is 2.73. The van der Waals surface area contributed by atoms with Gasteiger partial charge in [-0.25, -0.2) is 14.8 Å². The van der Waals surface area contributed by atoms with Gasteiger partial charge in [-0.1, -0.05) is 30.3 Å². The number of rotatable bonds is 7. The predicted octanol–water partition coefficient (Wildman–Crippen LogP) is 1.83. The van der Waals surface area contributed by atoms with Gasteiger partial charge in [0.15, 0.2) is 0 Å². The van der Waals surface area contributed by atoms with Crippen molar-refractivity contribution in [2.75, 3.05) is 51.2 Å². The van der Waals surface area contributed by atoms with E-state index in [4.69, 9.17) is 0 Å². The zero-order valence-corrected chi connectivity index (χ0v) is 15.9. The maximum Gasteiger partial charge on any atom is 0.317 e. The van der Waals surface area contributed by atoms with E-state index in [-0.39, 0.29) is 6.03 Å². The van der Waals surface area contributed by atoms with E-state index in [2.05, 4.69) is 25.1 Å². The topological polar surface area (TPSA) is 64.6 Å². The molecule has 2 aromatic rings. The monoisotopic (exact) mass is 368 g/mol.